The average molecular weight is 402 g/mol. The Hall–Kier alpha value is -3.22. The van der Waals surface area contributed by atoms with E-state index in [-0.39, 0.29) is 11.9 Å². The van der Waals surface area contributed by atoms with Crippen molar-refractivity contribution in [2.24, 2.45) is 0 Å². The number of benzene rings is 2. The molecule has 154 valence electrons. The molecule has 0 unspecified atom stereocenters. The van der Waals surface area contributed by atoms with Crippen LogP contribution in [0.5, 0.6) is 0 Å². The van der Waals surface area contributed by atoms with Crippen LogP contribution in [0.2, 0.25) is 0 Å². The summed E-state index contributed by atoms with van der Waals surface area (Å²) in [6.07, 6.45) is 7.01. The van der Waals surface area contributed by atoms with E-state index >= 15 is 0 Å². The van der Waals surface area contributed by atoms with E-state index in [9.17, 15) is 4.79 Å². The fraction of sp³-hybridized carbons (Fsp3) is 0.250. The van der Waals surface area contributed by atoms with Gasteiger partial charge < -0.3 is 10.1 Å². The zero-order valence-electron chi connectivity index (χ0n) is 16.9. The fourth-order valence-electron chi connectivity index (χ4n) is 3.50. The van der Waals surface area contributed by atoms with Crippen LogP contribution < -0.4 is 5.32 Å². The van der Waals surface area contributed by atoms with Gasteiger partial charge in [-0.15, -0.1) is 0 Å². The summed E-state index contributed by atoms with van der Waals surface area (Å²) in [6, 6.07) is 19.9. The second-order valence-corrected chi connectivity index (χ2v) is 7.27. The van der Waals surface area contributed by atoms with Gasteiger partial charge in [0, 0.05) is 37.5 Å². The van der Waals surface area contributed by atoms with Gasteiger partial charge in [-0.05, 0) is 23.8 Å². The van der Waals surface area contributed by atoms with E-state index in [0.717, 1.165) is 49.7 Å². The molecule has 0 saturated carbocycles. The quantitative estimate of drug-likeness (QED) is 0.617. The number of hydrogen-bond acceptors (Lipinski definition) is 4. The highest BCUT2D eigenvalue weighted by atomic mass is 16.5. The lowest BCUT2D eigenvalue weighted by atomic mass is 10.1. The third kappa shape index (κ3) is 5.43. The lowest BCUT2D eigenvalue weighted by molar-refractivity contribution is -0.117. The smallest absolute Gasteiger partial charge is 0.244 e. The van der Waals surface area contributed by atoms with Gasteiger partial charge in [0.1, 0.15) is 0 Å². The van der Waals surface area contributed by atoms with Crippen LogP contribution in [0.3, 0.4) is 0 Å². The molecule has 1 N–H and O–H groups in total. The third-order valence-corrected chi connectivity index (χ3v) is 5.11. The molecule has 1 atom stereocenters. The molecule has 1 fully saturated rings. The molecule has 1 aromatic heterocycles. The first-order valence-electron chi connectivity index (χ1n) is 10.2. The van der Waals surface area contributed by atoms with E-state index in [1.54, 1.807) is 23.0 Å². The summed E-state index contributed by atoms with van der Waals surface area (Å²) in [7, 11) is 0. The molecule has 1 amide bonds. The van der Waals surface area contributed by atoms with Crippen molar-refractivity contribution in [3.8, 4) is 5.69 Å². The molecular formula is C24H26N4O2. The predicted molar refractivity (Wildman–Crippen MR) is 117 cm³/mol. The minimum Gasteiger partial charge on any atom is -0.379 e. The van der Waals surface area contributed by atoms with E-state index in [1.807, 2.05) is 54.7 Å². The summed E-state index contributed by atoms with van der Waals surface area (Å²) in [6.45, 7) is 4.00. The van der Waals surface area contributed by atoms with Crippen molar-refractivity contribution in [1.82, 2.24) is 20.0 Å². The predicted octanol–water partition coefficient (Wildman–Crippen LogP) is 3.08. The standard InChI is InChI=1S/C24H26N4O2/c29-24(12-11-20-17-25-28(18-20)22-9-5-2-6-10-22)26-23(21-7-3-1-4-8-21)19-27-13-15-30-16-14-27/h1-12,17-18,23H,13-16,19H2,(H,26,29)/b12-11+/t23-/m0/s1. The molecule has 3 aromatic rings. The first kappa shape index (κ1) is 20.1. The highest BCUT2D eigenvalue weighted by Crippen LogP contribution is 2.16. The molecule has 1 aliphatic heterocycles. The topological polar surface area (TPSA) is 59.4 Å². The van der Waals surface area contributed by atoms with E-state index in [2.05, 4.69) is 27.4 Å². The van der Waals surface area contributed by atoms with Crippen molar-refractivity contribution in [3.63, 3.8) is 0 Å². The van der Waals surface area contributed by atoms with Gasteiger partial charge >= 0.3 is 0 Å². The Morgan fingerprint density at radius 1 is 1.07 bits per heavy atom. The van der Waals surface area contributed by atoms with Gasteiger partial charge in [-0.2, -0.15) is 5.10 Å². The number of amides is 1. The summed E-state index contributed by atoms with van der Waals surface area (Å²) >= 11 is 0. The molecule has 30 heavy (non-hydrogen) atoms. The maximum absolute atomic E-state index is 12.7. The van der Waals surface area contributed by atoms with Gasteiger partial charge in [-0.3, -0.25) is 9.69 Å². The Labute approximate surface area is 176 Å². The number of carbonyl (C=O) groups excluding carboxylic acids is 1. The monoisotopic (exact) mass is 402 g/mol. The molecule has 0 bridgehead atoms. The molecule has 1 saturated heterocycles. The Bertz CT molecular complexity index is 963. The first-order chi connectivity index (χ1) is 14.8. The number of ether oxygens (including phenoxy) is 1. The van der Waals surface area contributed by atoms with Crippen LogP contribution in [0.25, 0.3) is 11.8 Å². The van der Waals surface area contributed by atoms with E-state index in [0.29, 0.717) is 0 Å². The molecule has 0 aliphatic carbocycles. The summed E-state index contributed by atoms with van der Waals surface area (Å²) in [5.41, 5.74) is 2.96. The number of carbonyl (C=O) groups is 1. The van der Waals surface area contributed by atoms with Gasteiger partial charge in [0.05, 0.1) is 31.1 Å². The van der Waals surface area contributed by atoms with Crippen molar-refractivity contribution in [3.05, 3.63) is 90.3 Å². The number of rotatable bonds is 7. The van der Waals surface area contributed by atoms with Gasteiger partial charge in [-0.1, -0.05) is 48.5 Å². The zero-order valence-corrected chi connectivity index (χ0v) is 16.9. The lowest BCUT2D eigenvalue weighted by Gasteiger charge is -2.31. The fourth-order valence-corrected chi connectivity index (χ4v) is 3.50. The van der Waals surface area contributed by atoms with Crippen LogP contribution in [0.15, 0.2) is 79.1 Å². The molecule has 4 rings (SSSR count). The first-order valence-corrected chi connectivity index (χ1v) is 10.2. The minimum absolute atomic E-state index is 0.0755. The normalized spacial score (nSPS) is 15.9. The number of nitrogens with zero attached hydrogens (tertiary/aromatic N) is 3. The molecule has 2 heterocycles. The average Bonchev–Trinajstić information content (AvgIpc) is 3.28. The molecular weight excluding hydrogens is 376 g/mol. The molecule has 1 aliphatic rings. The van der Waals surface area contributed by atoms with Gasteiger partial charge in [0.15, 0.2) is 0 Å². The van der Waals surface area contributed by atoms with E-state index in [4.69, 9.17) is 4.74 Å². The second-order valence-electron chi connectivity index (χ2n) is 7.27. The molecule has 6 nitrogen and oxygen atoms in total. The number of hydrogen-bond donors (Lipinski definition) is 1. The van der Waals surface area contributed by atoms with Crippen molar-refractivity contribution in [2.75, 3.05) is 32.8 Å². The Balaban J connectivity index is 1.41. The lowest BCUT2D eigenvalue weighted by Crippen LogP contribution is -2.42. The number of morpholine rings is 1. The SMILES string of the molecule is O=C(/C=C/c1cnn(-c2ccccc2)c1)N[C@@H](CN1CCOCC1)c1ccccc1. The van der Waals surface area contributed by atoms with Crippen molar-refractivity contribution < 1.29 is 9.53 Å². The van der Waals surface area contributed by atoms with Crippen molar-refractivity contribution in [2.45, 2.75) is 6.04 Å². The highest BCUT2D eigenvalue weighted by Gasteiger charge is 2.19. The molecule has 0 radical (unpaired) electrons. The Morgan fingerprint density at radius 2 is 1.77 bits per heavy atom. The maximum atomic E-state index is 12.7. The van der Waals surface area contributed by atoms with Crippen molar-refractivity contribution >= 4 is 12.0 Å². The van der Waals surface area contributed by atoms with E-state index < -0.39 is 0 Å². The van der Waals surface area contributed by atoms with Crippen LogP contribution in [0, 0.1) is 0 Å². The van der Waals surface area contributed by atoms with Crippen molar-refractivity contribution in [1.29, 1.82) is 0 Å². The number of aromatic nitrogens is 2. The summed E-state index contributed by atoms with van der Waals surface area (Å²) < 4.78 is 7.24. The number of para-hydroxylation sites is 1. The Kier molecular flexibility index (Phi) is 6.69. The van der Waals surface area contributed by atoms with Gasteiger partial charge in [0.2, 0.25) is 5.91 Å². The summed E-state index contributed by atoms with van der Waals surface area (Å²) in [4.78, 5) is 15.0. The van der Waals surface area contributed by atoms with E-state index in [1.165, 1.54) is 0 Å². The van der Waals surface area contributed by atoms with Crippen LogP contribution >= 0.6 is 0 Å². The van der Waals surface area contributed by atoms with Crippen LogP contribution in [0.4, 0.5) is 0 Å². The van der Waals surface area contributed by atoms with Gasteiger partial charge in [0.25, 0.3) is 0 Å². The largest absolute Gasteiger partial charge is 0.379 e. The Morgan fingerprint density at radius 3 is 2.50 bits per heavy atom. The highest BCUT2D eigenvalue weighted by molar-refractivity contribution is 5.91. The zero-order chi connectivity index (χ0) is 20.6. The second kappa shape index (κ2) is 10.0. The summed E-state index contributed by atoms with van der Waals surface area (Å²) in [5.74, 6) is -0.121. The number of nitrogens with one attached hydrogen (secondary N) is 1. The summed E-state index contributed by atoms with van der Waals surface area (Å²) in [5, 5.41) is 7.52. The van der Waals surface area contributed by atoms with Gasteiger partial charge in [-0.25, -0.2) is 4.68 Å². The maximum Gasteiger partial charge on any atom is 0.244 e. The minimum atomic E-state index is -0.121. The van der Waals surface area contributed by atoms with Crippen LogP contribution in [0.1, 0.15) is 17.2 Å². The van der Waals surface area contributed by atoms with Crippen LogP contribution in [-0.2, 0) is 9.53 Å². The molecule has 2 aromatic carbocycles. The molecule has 6 heteroatoms. The van der Waals surface area contributed by atoms with Crippen LogP contribution in [-0.4, -0.2) is 53.4 Å². The molecule has 0 spiro atoms. The third-order valence-electron chi connectivity index (χ3n) is 5.11.